The molecule has 1 aromatic carbocycles. The van der Waals surface area contributed by atoms with Crippen LogP contribution in [0.2, 0.25) is 0 Å². The van der Waals surface area contributed by atoms with Gasteiger partial charge in [0.05, 0.1) is 6.42 Å². The molecule has 0 aromatic heterocycles. The molecule has 1 aromatic rings. The van der Waals surface area contributed by atoms with Crippen molar-refractivity contribution >= 4 is 11.5 Å². The Morgan fingerprint density at radius 2 is 1.88 bits per heavy atom. The van der Waals surface area contributed by atoms with Crippen molar-refractivity contribution in [3.05, 3.63) is 53.3 Å². The molecular formula is C15H14O2. The van der Waals surface area contributed by atoms with Crippen molar-refractivity contribution in [3.8, 4) is 0 Å². The molecule has 0 atom stereocenters. The van der Waals surface area contributed by atoms with Gasteiger partial charge in [0.25, 0.3) is 0 Å². The van der Waals surface area contributed by atoms with Crippen LogP contribution >= 0.6 is 0 Å². The maximum absolute atomic E-state index is 11.6. The van der Waals surface area contributed by atoms with Crippen LogP contribution in [0.5, 0.6) is 0 Å². The number of hydrogen-bond donors (Lipinski definition) is 0. The van der Waals surface area contributed by atoms with Gasteiger partial charge in [-0.3, -0.25) is 4.79 Å². The predicted molar refractivity (Wildman–Crippen MR) is 66.0 cm³/mol. The van der Waals surface area contributed by atoms with Gasteiger partial charge in [-0.25, -0.2) is 0 Å². The van der Waals surface area contributed by atoms with Gasteiger partial charge in [-0.15, -0.1) is 0 Å². The van der Waals surface area contributed by atoms with Crippen LogP contribution in [-0.2, 0) is 9.53 Å². The summed E-state index contributed by atoms with van der Waals surface area (Å²) in [5, 5.41) is 0. The molecule has 86 valence electrons. The summed E-state index contributed by atoms with van der Waals surface area (Å²) in [6, 6.07) is 10.1. The Bertz CT molecular complexity index is 509. The number of hydrogen-bond acceptors (Lipinski definition) is 2. The van der Waals surface area contributed by atoms with Crippen LogP contribution in [0.15, 0.2) is 47.7 Å². The van der Waals surface area contributed by atoms with Crippen molar-refractivity contribution in [1.29, 1.82) is 0 Å². The van der Waals surface area contributed by atoms with E-state index in [0.29, 0.717) is 6.42 Å². The second-order valence-electron chi connectivity index (χ2n) is 4.43. The Morgan fingerprint density at radius 1 is 1.06 bits per heavy atom. The van der Waals surface area contributed by atoms with Crippen molar-refractivity contribution in [3.63, 3.8) is 0 Å². The van der Waals surface area contributed by atoms with E-state index >= 15 is 0 Å². The van der Waals surface area contributed by atoms with Gasteiger partial charge in [0.2, 0.25) is 0 Å². The van der Waals surface area contributed by atoms with Gasteiger partial charge in [0.15, 0.2) is 0 Å². The zero-order valence-electron chi connectivity index (χ0n) is 9.61. The minimum absolute atomic E-state index is 0.138. The molecule has 0 bridgehead atoms. The van der Waals surface area contributed by atoms with Crippen molar-refractivity contribution in [2.24, 2.45) is 0 Å². The summed E-state index contributed by atoms with van der Waals surface area (Å²) in [7, 11) is 0. The van der Waals surface area contributed by atoms with Gasteiger partial charge in [0, 0.05) is 0 Å². The fourth-order valence-corrected chi connectivity index (χ4v) is 2.49. The lowest BCUT2D eigenvalue weighted by molar-refractivity contribution is -0.138. The van der Waals surface area contributed by atoms with E-state index in [1.165, 1.54) is 5.57 Å². The maximum Gasteiger partial charge on any atom is 0.315 e. The Labute approximate surface area is 101 Å². The molecule has 0 radical (unpaired) electrons. The SMILES string of the molecule is O=C1CC(c2ccccc2)=C2CCCC=C2O1. The highest BCUT2D eigenvalue weighted by Gasteiger charge is 2.26. The van der Waals surface area contributed by atoms with Crippen LogP contribution in [0.1, 0.15) is 31.2 Å². The molecule has 0 saturated carbocycles. The molecule has 1 aliphatic heterocycles. The first-order chi connectivity index (χ1) is 8.34. The van der Waals surface area contributed by atoms with Crippen molar-refractivity contribution in [2.75, 3.05) is 0 Å². The molecule has 0 amide bonds. The summed E-state index contributed by atoms with van der Waals surface area (Å²) >= 11 is 0. The molecule has 3 rings (SSSR count). The lowest BCUT2D eigenvalue weighted by Gasteiger charge is -2.25. The second-order valence-corrected chi connectivity index (χ2v) is 4.43. The summed E-state index contributed by atoms with van der Waals surface area (Å²) in [4.78, 5) is 11.6. The standard InChI is InChI=1S/C15H14O2/c16-15-10-13(11-6-2-1-3-7-11)12-8-4-5-9-14(12)17-15/h1-3,6-7,9H,4-5,8,10H2. The van der Waals surface area contributed by atoms with Crippen LogP contribution in [0.4, 0.5) is 0 Å². The molecule has 0 spiro atoms. The number of fused-ring (bicyclic) bond motifs is 1. The minimum Gasteiger partial charge on any atom is -0.426 e. The summed E-state index contributed by atoms with van der Waals surface area (Å²) in [6.45, 7) is 0. The summed E-state index contributed by atoms with van der Waals surface area (Å²) in [5.74, 6) is 0.659. The number of carbonyl (C=O) groups is 1. The molecular weight excluding hydrogens is 212 g/mol. The molecule has 17 heavy (non-hydrogen) atoms. The molecule has 0 N–H and O–H groups in total. The molecule has 0 saturated heterocycles. The van der Waals surface area contributed by atoms with Crippen molar-refractivity contribution in [2.45, 2.75) is 25.7 Å². The number of esters is 1. The van der Waals surface area contributed by atoms with Crippen LogP contribution in [0, 0.1) is 0 Å². The summed E-state index contributed by atoms with van der Waals surface area (Å²) in [6.07, 6.45) is 5.61. The summed E-state index contributed by atoms with van der Waals surface area (Å²) < 4.78 is 5.31. The highest BCUT2D eigenvalue weighted by Crippen LogP contribution is 2.37. The minimum atomic E-state index is -0.138. The van der Waals surface area contributed by atoms with Gasteiger partial charge in [-0.2, -0.15) is 0 Å². The van der Waals surface area contributed by atoms with Gasteiger partial charge in [-0.1, -0.05) is 30.3 Å². The lowest BCUT2D eigenvalue weighted by atomic mass is 9.88. The monoisotopic (exact) mass is 226 g/mol. The Balaban J connectivity index is 2.12. The normalized spacial score (nSPS) is 19.5. The number of carbonyl (C=O) groups excluding carboxylic acids is 1. The summed E-state index contributed by atoms with van der Waals surface area (Å²) in [5.41, 5.74) is 3.52. The highest BCUT2D eigenvalue weighted by molar-refractivity contribution is 5.91. The van der Waals surface area contributed by atoms with Crippen LogP contribution in [-0.4, -0.2) is 5.97 Å². The van der Waals surface area contributed by atoms with Gasteiger partial charge in [-0.05, 0) is 42.0 Å². The second kappa shape index (κ2) is 4.21. The van der Waals surface area contributed by atoms with Crippen LogP contribution in [0.3, 0.4) is 0 Å². The molecule has 2 aliphatic rings. The molecule has 0 unspecified atom stereocenters. The Kier molecular flexibility index (Phi) is 2.56. The average Bonchev–Trinajstić information content (AvgIpc) is 2.39. The quantitative estimate of drug-likeness (QED) is 0.685. The molecule has 2 heteroatoms. The van der Waals surface area contributed by atoms with E-state index in [-0.39, 0.29) is 5.97 Å². The number of allylic oxidation sites excluding steroid dienone is 2. The third-order valence-electron chi connectivity index (χ3n) is 3.29. The topological polar surface area (TPSA) is 26.3 Å². The molecule has 0 fully saturated rings. The molecule has 2 nitrogen and oxygen atoms in total. The van der Waals surface area contributed by atoms with E-state index in [9.17, 15) is 4.79 Å². The third-order valence-corrected chi connectivity index (χ3v) is 3.29. The number of rotatable bonds is 1. The van der Waals surface area contributed by atoms with Gasteiger partial charge >= 0.3 is 5.97 Å². The fourth-order valence-electron chi connectivity index (χ4n) is 2.49. The van der Waals surface area contributed by atoms with Crippen molar-refractivity contribution in [1.82, 2.24) is 0 Å². The van der Waals surface area contributed by atoms with Gasteiger partial charge in [0.1, 0.15) is 5.76 Å². The largest absolute Gasteiger partial charge is 0.426 e. The smallest absolute Gasteiger partial charge is 0.315 e. The first-order valence-electron chi connectivity index (χ1n) is 6.03. The molecule has 1 aliphatic carbocycles. The number of ether oxygens (including phenoxy) is 1. The van der Waals surface area contributed by atoms with Crippen LogP contribution in [0.25, 0.3) is 5.57 Å². The predicted octanol–water partition coefficient (Wildman–Crippen LogP) is 3.45. The zero-order valence-corrected chi connectivity index (χ0v) is 9.61. The van der Waals surface area contributed by atoms with E-state index in [4.69, 9.17) is 4.74 Å². The first kappa shape index (κ1) is 10.3. The first-order valence-corrected chi connectivity index (χ1v) is 6.03. The Morgan fingerprint density at radius 3 is 2.71 bits per heavy atom. The molecule has 1 heterocycles. The lowest BCUT2D eigenvalue weighted by Crippen LogP contribution is -2.16. The fraction of sp³-hybridized carbons (Fsp3) is 0.267. The van der Waals surface area contributed by atoms with Crippen LogP contribution < -0.4 is 0 Å². The van der Waals surface area contributed by atoms with E-state index in [0.717, 1.165) is 36.2 Å². The zero-order chi connectivity index (χ0) is 11.7. The van der Waals surface area contributed by atoms with Crippen molar-refractivity contribution < 1.29 is 9.53 Å². The maximum atomic E-state index is 11.6. The van der Waals surface area contributed by atoms with E-state index in [2.05, 4.69) is 12.1 Å². The Hall–Kier alpha value is -1.83. The van der Waals surface area contributed by atoms with E-state index in [1.54, 1.807) is 0 Å². The average molecular weight is 226 g/mol. The van der Waals surface area contributed by atoms with Gasteiger partial charge < -0.3 is 4.74 Å². The third kappa shape index (κ3) is 1.91. The van der Waals surface area contributed by atoms with E-state index in [1.807, 2.05) is 24.3 Å². The highest BCUT2D eigenvalue weighted by atomic mass is 16.5. The number of benzene rings is 1. The van der Waals surface area contributed by atoms with E-state index < -0.39 is 0 Å².